The molecule has 1 aromatic heterocycles. The van der Waals surface area contributed by atoms with Crippen molar-refractivity contribution in [3.05, 3.63) is 47.7 Å². The second-order valence-corrected chi connectivity index (χ2v) is 6.27. The van der Waals surface area contributed by atoms with Crippen LogP contribution in [0.1, 0.15) is 28.8 Å². The number of rotatable bonds is 6. The summed E-state index contributed by atoms with van der Waals surface area (Å²) in [6.45, 7) is 1.80. The van der Waals surface area contributed by atoms with Crippen LogP contribution in [0.5, 0.6) is 6.01 Å². The van der Waals surface area contributed by atoms with E-state index >= 15 is 0 Å². The van der Waals surface area contributed by atoms with Gasteiger partial charge in [0.1, 0.15) is 12.2 Å². The molecular weight excluding hydrogens is 334 g/mol. The highest BCUT2D eigenvalue weighted by atomic mass is 16.5. The van der Waals surface area contributed by atoms with E-state index in [1.807, 2.05) is 35.2 Å². The van der Waals surface area contributed by atoms with E-state index in [9.17, 15) is 9.90 Å². The number of anilines is 1. The van der Waals surface area contributed by atoms with Crippen LogP contribution < -0.4 is 9.64 Å². The van der Waals surface area contributed by atoms with Gasteiger partial charge in [-0.1, -0.05) is 30.3 Å². The number of esters is 1. The summed E-state index contributed by atoms with van der Waals surface area (Å²) < 4.78 is 10.5. The zero-order chi connectivity index (χ0) is 18.4. The summed E-state index contributed by atoms with van der Waals surface area (Å²) in [5.74, 6) is 0.352. The molecule has 2 aromatic rings. The van der Waals surface area contributed by atoms with E-state index in [0.717, 1.165) is 18.4 Å². The number of ether oxygens (including phenoxy) is 2. The Morgan fingerprint density at radius 2 is 2.00 bits per heavy atom. The number of aliphatic hydroxyl groups excluding tert-OH is 1. The molecule has 0 saturated carbocycles. The van der Waals surface area contributed by atoms with Crippen molar-refractivity contribution in [2.24, 2.45) is 5.92 Å². The molecule has 1 fully saturated rings. The van der Waals surface area contributed by atoms with Gasteiger partial charge in [-0.15, -0.1) is 0 Å². The van der Waals surface area contributed by atoms with Gasteiger partial charge < -0.3 is 19.5 Å². The van der Waals surface area contributed by atoms with Gasteiger partial charge in [0.15, 0.2) is 5.82 Å². The van der Waals surface area contributed by atoms with Crippen LogP contribution in [0.2, 0.25) is 0 Å². The number of aliphatic hydroxyl groups is 1. The Labute approximate surface area is 152 Å². The minimum atomic E-state index is -0.462. The van der Waals surface area contributed by atoms with Gasteiger partial charge in [-0.3, -0.25) is 0 Å². The summed E-state index contributed by atoms with van der Waals surface area (Å²) in [4.78, 5) is 23.0. The van der Waals surface area contributed by atoms with Crippen LogP contribution in [-0.4, -0.2) is 47.8 Å². The van der Waals surface area contributed by atoms with Crippen molar-refractivity contribution in [2.75, 3.05) is 31.7 Å². The average Bonchev–Trinajstić information content (AvgIpc) is 2.72. The first-order valence-electron chi connectivity index (χ1n) is 8.69. The SMILES string of the molecule is COc1ncc(C(=O)OCc2ccccc2)c(N2CCC(CO)CC2)n1. The third-order valence-corrected chi connectivity index (χ3v) is 4.53. The minimum Gasteiger partial charge on any atom is -0.467 e. The van der Waals surface area contributed by atoms with E-state index in [4.69, 9.17) is 9.47 Å². The zero-order valence-corrected chi connectivity index (χ0v) is 14.8. The Hall–Kier alpha value is -2.67. The monoisotopic (exact) mass is 357 g/mol. The Morgan fingerprint density at radius 1 is 1.27 bits per heavy atom. The first-order chi connectivity index (χ1) is 12.7. The average molecular weight is 357 g/mol. The minimum absolute atomic E-state index is 0.187. The van der Waals surface area contributed by atoms with Gasteiger partial charge in [0.05, 0.1) is 13.3 Å². The van der Waals surface area contributed by atoms with Crippen molar-refractivity contribution in [1.82, 2.24) is 9.97 Å². The first-order valence-corrected chi connectivity index (χ1v) is 8.69. The number of benzene rings is 1. The molecule has 1 aliphatic rings. The largest absolute Gasteiger partial charge is 0.467 e. The van der Waals surface area contributed by atoms with Gasteiger partial charge in [-0.2, -0.15) is 4.98 Å². The number of carbonyl (C=O) groups excluding carboxylic acids is 1. The molecule has 0 unspecified atom stereocenters. The smallest absolute Gasteiger partial charge is 0.343 e. The third-order valence-electron chi connectivity index (χ3n) is 4.53. The van der Waals surface area contributed by atoms with Crippen molar-refractivity contribution in [3.63, 3.8) is 0 Å². The second kappa shape index (κ2) is 8.62. The zero-order valence-electron chi connectivity index (χ0n) is 14.8. The van der Waals surface area contributed by atoms with Gasteiger partial charge in [0, 0.05) is 19.7 Å². The molecule has 138 valence electrons. The van der Waals surface area contributed by atoms with Crippen molar-refractivity contribution < 1.29 is 19.4 Å². The van der Waals surface area contributed by atoms with Gasteiger partial charge in [0.25, 0.3) is 0 Å². The molecule has 1 aliphatic heterocycles. The van der Waals surface area contributed by atoms with Crippen LogP contribution in [0.15, 0.2) is 36.5 Å². The molecule has 1 aromatic carbocycles. The molecular formula is C19H23N3O4. The van der Waals surface area contributed by atoms with E-state index in [1.165, 1.54) is 13.3 Å². The highest BCUT2D eigenvalue weighted by molar-refractivity contribution is 5.94. The van der Waals surface area contributed by atoms with Gasteiger partial charge in [-0.25, -0.2) is 9.78 Å². The molecule has 7 heteroatoms. The normalized spacial score (nSPS) is 14.9. The predicted molar refractivity (Wildman–Crippen MR) is 96.2 cm³/mol. The number of nitrogens with zero attached hydrogens (tertiary/aromatic N) is 3. The van der Waals surface area contributed by atoms with Crippen LogP contribution in [0.25, 0.3) is 0 Å². The quantitative estimate of drug-likeness (QED) is 0.792. The fourth-order valence-corrected chi connectivity index (χ4v) is 2.97. The summed E-state index contributed by atoms with van der Waals surface area (Å²) in [7, 11) is 1.49. The van der Waals surface area contributed by atoms with E-state index in [-0.39, 0.29) is 19.2 Å². The van der Waals surface area contributed by atoms with Crippen LogP contribution in [0.3, 0.4) is 0 Å². The summed E-state index contributed by atoms with van der Waals surface area (Å²) in [6.07, 6.45) is 3.15. The van der Waals surface area contributed by atoms with Gasteiger partial charge in [0.2, 0.25) is 0 Å². The van der Waals surface area contributed by atoms with E-state index < -0.39 is 5.97 Å². The number of hydrogen-bond acceptors (Lipinski definition) is 7. The molecule has 0 bridgehead atoms. The lowest BCUT2D eigenvalue weighted by Gasteiger charge is -2.32. The standard InChI is InChI=1S/C19H23N3O4/c1-25-19-20-11-16(18(24)26-13-15-5-3-2-4-6-15)17(21-19)22-9-7-14(12-23)8-10-22/h2-6,11,14,23H,7-10,12-13H2,1H3. The van der Waals surface area contributed by atoms with E-state index in [0.29, 0.717) is 30.4 Å². The number of aromatic nitrogens is 2. The molecule has 7 nitrogen and oxygen atoms in total. The molecule has 0 radical (unpaired) electrons. The lowest BCUT2D eigenvalue weighted by molar-refractivity contribution is 0.0472. The van der Waals surface area contributed by atoms with Crippen molar-refractivity contribution in [2.45, 2.75) is 19.4 Å². The highest BCUT2D eigenvalue weighted by Crippen LogP contribution is 2.26. The Kier molecular flexibility index (Phi) is 6.01. The molecule has 1 saturated heterocycles. The van der Waals surface area contributed by atoms with Crippen molar-refractivity contribution in [1.29, 1.82) is 0 Å². The summed E-state index contributed by atoms with van der Waals surface area (Å²) in [6, 6.07) is 9.73. The lowest BCUT2D eigenvalue weighted by Crippen LogP contribution is -2.36. The summed E-state index contributed by atoms with van der Waals surface area (Å²) >= 11 is 0. The maximum Gasteiger partial charge on any atom is 0.343 e. The maximum absolute atomic E-state index is 12.6. The molecule has 0 atom stereocenters. The summed E-state index contributed by atoms with van der Waals surface area (Å²) in [5, 5.41) is 9.31. The number of carbonyl (C=O) groups is 1. The predicted octanol–water partition coefficient (Wildman–Crippen LogP) is 2.05. The maximum atomic E-state index is 12.6. The Balaban J connectivity index is 1.76. The van der Waals surface area contributed by atoms with Crippen LogP contribution in [0, 0.1) is 5.92 Å². The van der Waals surface area contributed by atoms with E-state index in [1.54, 1.807) is 0 Å². The van der Waals surface area contributed by atoms with Crippen LogP contribution in [0.4, 0.5) is 5.82 Å². The fourth-order valence-electron chi connectivity index (χ4n) is 2.97. The number of hydrogen-bond donors (Lipinski definition) is 1. The molecule has 26 heavy (non-hydrogen) atoms. The van der Waals surface area contributed by atoms with Crippen molar-refractivity contribution in [3.8, 4) is 6.01 Å². The first kappa shape index (κ1) is 18.1. The number of piperidine rings is 1. The van der Waals surface area contributed by atoms with Gasteiger partial charge >= 0.3 is 12.0 Å². The Bertz CT molecular complexity index is 731. The number of methoxy groups -OCH3 is 1. The molecule has 3 rings (SSSR count). The van der Waals surface area contributed by atoms with Crippen LogP contribution >= 0.6 is 0 Å². The molecule has 0 aliphatic carbocycles. The topological polar surface area (TPSA) is 84.8 Å². The fraction of sp³-hybridized carbons (Fsp3) is 0.421. The van der Waals surface area contributed by atoms with Gasteiger partial charge in [-0.05, 0) is 24.3 Å². The van der Waals surface area contributed by atoms with Crippen molar-refractivity contribution >= 4 is 11.8 Å². The van der Waals surface area contributed by atoms with Crippen LogP contribution in [-0.2, 0) is 11.3 Å². The molecule has 0 spiro atoms. The second-order valence-electron chi connectivity index (χ2n) is 6.27. The highest BCUT2D eigenvalue weighted by Gasteiger charge is 2.25. The molecule has 1 N–H and O–H groups in total. The lowest BCUT2D eigenvalue weighted by atomic mass is 9.98. The van der Waals surface area contributed by atoms with E-state index in [2.05, 4.69) is 9.97 Å². The molecule has 2 heterocycles. The third kappa shape index (κ3) is 4.29. The summed E-state index contributed by atoms with van der Waals surface area (Å²) in [5.41, 5.74) is 1.24. The molecule has 0 amide bonds. The Morgan fingerprint density at radius 3 is 2.65 bits per heavy atom.